The number of likely N-dealkylation sites (tertiary alicyclic amines) is 1. The number of carbonyl (C=O) groups excluding carboxylic acids is 1. The van der Waals surface area contributed by atoms with E-state index in [0.29, 0.717) is 0 Å². The third-order valence-electron chi connectivity index (χ3n) is 5.14. The second-order valence-electron chi connectivity index (χ2n) is 7.31. The lowest BCUT2D eigenvalue weighted by atomic mass is 9.48. The monoisotopic (exact) mass is 253 g/mol. The molecular weight excluding hydrogens is 226 g/mol. The fraction of sp³-hybridized carbons (Fsp3) is 0.929. The molecular formula is C14H27N3O. The minimum atomic E-state index is -0.0103. The van der Waals surface area contributed by atoms with Gasteiger partial charge in [-0.1, -0.05) is 27.7 Å². The number of hydrogen-bond donors (Lipinski definition) is 2. The van der Waals surface area contributed by atoms with Gasteiger partial charge in [0.2, 0.25) is 5.91 Å². The Balaban J connectivity index is 1.99. The van der Waals surface area contributed by atoms with E-state index in [4.69, 9.17) is 5.73 Å². The van der Waals surface area contributed by atoms with Crippen molar-refractivity contribution in [2.24, 2.45) is 22.5 Å². The molecule has 0 aromatic heterocycles. The quantitative estimate of drug-likeness (QED) is 0.766. The number of nitrogens with one attached hydrogen (secondary N) is 1. The average molecular weight is 253 g/mol. The minimum absolute atomic E-state index is 0.0103. The molecule has 0 bridgehead atoms. The molecule has 2 rings (SSSR count). The predicted molar refractivity (Wildman–Crippen MR) is 73.1 cm³/mol. The van der Waals surface area contributed by atoms with Gasteiger partial charge in [-0.3, -0.25) is 4.79 Å². The van der Waals surface area contributed by atoms with Crippen molar-refractivity contribution in [1.29, 1.82) is 0 Å². The van der Waals surface area contributed by atoms with Crippen molar-refractivity contribution in [3.05, 3.63) is 0 Å². The van der Waals surface area contributed by atoms with Gasteiger partial charge >= 0.3 is 0 Å². The summed E-state index contributed by atoms with van der Waals surface area (Å²) in [5.41, 5.74) is 6.20. The van der Waals surface area contributed by atoms with Crippen LogP contribution >= 0.6 is 0 Å². The zero-order valence-electron chi connectivity index (χ0n) is 12.3. The van der Waals surface area contributed by atoms with Crippen molar-refractivity contribution in [3.8, 4) is 0 Å². The first-order valence-corrected chi connectivity index (χ1v) is 6.92. The molecule has 104 valence electrons. The van der Waals surface area contributed by atoms with Crippen LogP contribution in [0.2, 0.25) is 0 Å². The summed E-state index contributed by atoms with van der Waals surface area (Å²) in [7, 11) is 2.07. The van der Waals surface area contributed by atoms with Gasteiger partial charge in [-0.05, 0) is 20.0 Å². The van der Waals surface area contributed by atoms with Crippen LogP contribution in [0.1, 0.15) is 34.1 Å². The van der Waals surface area contributed by atoms with Gasteiger partial charge in [0.05, 0.1) is 5.92 Å². The molecule has 2 fully saturated rings. The van der Waals surface area contributed by atoms with Crippen molar-refractivity contribution in [2.75, 3.05) is 20.1 Å². The molecule has 0 aromatic carbocycles. The second kappa shape index (κ2) is 4.20. The number of carbonyl (C=O) groups is 1. The van der Waals surface area contributed by atoms with Crippen LogP contribution in [0, 0.1) is 16.7 Å². The van der Waals surface area contributed by atoms with Crippen LogP contribution in [0.4, 0.5) is 0 Å². The average Bonchev–Trinajstić information content (AvgIpc) is 2.71. The molecule has 0 spiro atoms. The summed E-state index contributed by atoms with van der Waals surface area (Å²) < 4.78 is 0. The first kappa shape index (κ1) is 13.8. The van der Waals surface area contributed by atoms with Crippen molar-refractivity contribution in [3.63, 3.8) is 0 Å². The highest BCUT2D eigenvalue weighted by Crippen LogP contribution is 2.52. The number of hydrogen-bond acceptors (Lipinski definition) is 3. The van der Waals surface area contributed by atoms with E-state index in [-0.39, 0.29) is 34.7 Å². The third kappa shape index (κ3) is 1.95. The number of nitrogens with zero attached hydrogens (tertiary/aromatic N) is 1. The summed E-state index contributed by atoms with van der Waals surface area (Å²) in [4.78, 5) is 14.5. The Morgan fingerprint density at radius 2 is 1.83 bits per heavy atom. The minimum Gasteiger partial charge on any atom is -0.352 e. The molecule has 1 aliphatic carbocycles. The van der Waals surface area contributed by atoms with E-state index in [9.17, 15) is 4.79 Å². The zero-order chi connectivity index (χ0) is 13.7. The van der Waals surface area contributed by atoms with E-state index in [1.54, 1.807) is 0 Å². The van der Waals surface area contributed by atoms with E-state index >= 15 is 0 Å². The van der Waals surface area contributed by atoms with Gasteiger partial charge in [-0.15, -0.1) is 0 Å². The second-order valence-corrected chi connectivity index (χ2v) is 7.31. The van der Waals surface area contributed by atoms with E-state index < -0.39 is 0 Å². The summed E-state index contributed by atoms with van der Waals surface area (Å²) in [6.45, 7) is 10.5. The molecule has 1 unspecified atom stereocenters. The Labute approximate surface area is 110 Å². The molecule has 1 heterocycles. The van der Waals surface area contributed by atoms with Gasteiger partial charge in [0, 0.05) is 29.5 Å². The van der Waals surface area contributed by atoms with E-state index in [1.807, 2.05) is 0 Å². The van der Waals surface area contributed by atoms with Gasteiger partial charge in [-0.25, -0.2) is 0 Å². The molecule has 4 heteroatoms. The maximum atomic E-state index is 12.3. The Morgan fingerprint density at radius 3 is 2.28 bits per heavy atom. The maximum Gasteiger partial charge on any atom is 0.224 e. The summed E-state index contributed by atoms with van der Waals surface area (Å²) in [5.74, 6) is 0.357. The normalized spacial score (nSPS) is 38.2. The van der Waals surface area contributed by atoms with Crippen LogP contribution < -0.4 is 11.1 Å². The van der Waals surface area contributed by atoms with Gasteiger partial charge < -0.3 is 16.0 Å². The van der Waals surface area contributed by atoms with Crippen molar-refractivity contribution in [1.82, 2.24) is 10.2 Å². The smallest absolute Gasteiger partial charge is 0.224 e. The number of amides is 1. The first-order valence-electron chi connectivity index (χ1n) is 6.92. The summed E-state index contributed by atoms with van der Waals surface area (Å²) >= 11 is 0. The van der Waals surface area contributed by atoms with Gasteiger partial charge in [-0.2, -0.15) is 0 Å². The van der Waals surface area contributed by atoms with Crippen LogP contribution in [0.3, 0.4) is 0 Å². The molecule has 4 nitrogen and oxygen atoms in total. The highest BCUT2D eigenvalue weighted by atomic mass is 16.2. The topological polar surface area (TPSA) is 58.4 Å². The summed E-state index contributed by atoms with van der Waals surface area (Å²) in [6.07, 6.45) is 0.974. The highest BCUT2D eigenvalue weighted by molar-refractivity contribution is 5.80. The molecule has 1 amide bonds. The van der Waals surface area contributed by atoms with Crippen molar-refractivity contribution < 1.29 is 4.79 Å². The molecule has 1 saturated heterocycles. The van der Waals surface area contributed by atoms with Gasteiger partial charge in [0.15, 0.2) is 0 Å². The largest absolute Gasteiger partial charge is 0.352 e. The Hall–Kier alpha value is -0.610. The summed E-state index contributed by atoms with van der Waals surface area (Å²) in [6, 6.07) is 0.319. The fourth-order valence-corrected chi connectivity index (χ4v) is 3.96. The molecule has 18 heavy (non-hydrogen) atoms. The SMILES string of the molecule is CN1CCC(C(=O)NC2C(C)(C)C(N)C2(C)C)C1. The van der Waals surface area contributed by atoms with Gasteiger partial charge in [0.25, 0.3) is 0 Å². The standard InChI is InChI=1S/C14H27N3O/c1-13(2)11(15)14(3,4)12(13)16-10(18)9-6-7-17(5)8-9/h9,11-12H,6-8,15H2,1-5H3,(H,16,18). The number of rotatable bonds is 2. The molecule has 1 aliphatic heterocycles. The maximum absolute atomic E-state index is 12.3. The predicted octanol–water partition coefficient (Wildman–Crippen LogP) is 0.816. The molecule has 0 aromatic rings. The van der Waals surface area contributed by atoms with Crippen LogP contribution in [0.15, 0.2) is 0 Å². The Bertz CT molecular complexity index is 335. The number of nitrogens with two attached hydrogens (primary N) is 1. The van der Waals surface area contributed by atoms with E-state index in [1.165, 1.54) is 0 Å². The molecule has 1 saturated carbocycles. The lowest BCUT2D eigenvalue weighted by molar-refractivity contribution is -0.135. The zero-order valence-corrected chi connectivity index (χ0v) is 12.3. The third-order valence-corrected chi connectivity index (χ3v) is 5.14. The first-order chi connectivity index (χ1) is 8.17. The lowest BCUT2D eigenvalue weighted by Gasteiger charge is -2.63. The van der Waals surface area contributed by atoms with Crippen molar-refractivity contribution in [2.45, 2.75) is 46.2 Å². The van der Waals surface area contributed by atoms with Gasteiger partial charge in [0.1, 0.15) is 0 Å². The van der Waals surface area contributed by atoms with Crippen LogP contribution in [0.5, 0.6) is 0 Å². The lowest BCUT2D eigenvalue weighted by Crippen LogP contribution is -2.76. The van der Waals surface area contributed by atoms with Crippen LogP contribution in [-0.4, -0.2) is 43.0 Å². The summed E-state index contributed by atoms with van der Waals surface area (Å²) in [5, 5.41) is 3.24. The van der Waals surface area contributed by atoms with E-state index in [2.05, 4.69) is 45.0 Å². The van der Waals surface area contributed by atoms with Crippen LogP contribution in [0.25, 0.3) is 0 Å². The fourth-order valence-electron chi connectivity index (χ4n) is 3.96. The van der Waals surface area contributed by atoms with Crippen LogP contribution in [-0.2, 0) is 4.79 Å². The molecule has 3 N–H and O–H groups in total. The van der Waals surface area contributed by atoms with E-state index in [0.717, 1.165) is 19.5 Å². The Kier molecular flexibility index (Phi) is 3.23. The highest BCUT2D eigenvalue weighted by Gasteiger charge is 2.60. The molecule has 1 atom stereocenters. The van der Waals surface area contributed by atoms with Crippen molar-refractivity contribution >= 4 is 5.91 Å². The molecule has 0 radical (unpaired) electrons. The Morgan fingerprint density at radius 1 is 1.28 bits per heavy atom. The molecule has 2 aliphatic rings.